The topological polar surface area (TPSA) is 12.0 Å². The summed E-state index contributed by atoms with van der Waals surface area (Å²) in [6.45, 7) is 3.32. The van der Waals surface area contributed by atoms with Crippen molar-refractivity contribution in [3.63, 3.8) is 0 Å². The highest BCUT2D eigenvalue weighted by atomic mass is 79.9. The summed E-state index contributed by atoms with van der Waals surface area (Å²) in [7, 11) is 0. The number of rotatable bonds is 5. The average molecular weight is 308 g/mol. The lowest BCUT2D eigenvalue weighted by Gasteiger charge is -2.20. The number of hydrogen-bond donors (Lipinski definition) is 1. The first-order valence-electron chi connectivity index (χ1n) is 7.28. The van der Waals surface area contributed by atoms with Crippen LogP contribution in [0.2, 0.25) is 0 Å². The average Bonchev–Trinajstić information content (AvgIpc) is 2.84. The van der Waals surface area contributed by atoms with Crippen LogP contribution in [-0.4, -0.2) is 12.6 Å². The van der Waals surface area contributed by atoms with Gasteiger partial charge in [-0.1, -0.05) is 47.5 Å². The molecule has 0 bridgehead atoms. The molecular formula is C16H22BrN. The number of halogens is 1. The zero-order valence-electron chi connectivity index (χ0n) is 11.0. The van der Waals surface area contributed by atoms with Crippen molar-refractivity contribution in [2.24, 2.45) is 17.8 Å². The molecule has 98 valence electrons. The van der Waals surface area contributed by atoms with Crippen LogP contribution in [0.25, 0.3) is 0 Å². The summed E-state index contributed by atoms with van der Waals surface area (Å²) in [6, 6.07) is 9.35. The van der Waals surface area contributed by atoms with E-state index in [0.717, 1.165) is 24.3 Å². The van der Waals surface area contributed by atoms with Gasteiger partial charge in [-0.25, -0.2) is 0 Å². The van der Waals surface area contributed by atoms with Crippen molar-refractivity contribution < 1.29 is 0 Å². The van der Waals surface area contributed by atoms with Crippen LogP contribution in [0.3, 0.4) is 0 Å². The van der Waals surface area contributed by atoms with E-state index in [9.17, 15) is 0 Å². The SMILES string of the molecule is CCNC(Cc1ccccc1Br)C1C2CCCC21. The highest BCUT2D eigenvalue weighted by Crippen LogP contribution is 2.59. The van der Waals surface area contributed by atoms with Gasteiger partial charge in [-0.2, -0.15) is 0 Å². The lowest BCUT2D eigenvalue weighted by atomic mass is 9.97. The minimum atomic E-state index is 0.684. The smallest absolute Gasteiger partial charge is 0.0207 e. The van der Waals surface area contributed by atoms with E-state index in [1.807, 2.05) is 0 Å². The summed E-state index contributed by atoms with van der Waals surface area (Å²) < 4.78 is 1.26. The quantitative estimate of drug-likeness (QED) is 0.866. The first kappa shape index (κ1) is 12.7. The molecule has 1 N–H and O–H groups in total. The van der Waals surface area contributed by atoms with Gasteiger partial charge in [0.15, 0.2) is 0 Å². The van der Waals surface area contributed by atoms with Gasteiger partial charge < -0.3 is 5.32 Å². The Kier molecular flexibility index (Phi) is 3.76. The molecule has 0 amide bonds. The molecule has 2 fully saturated rings. The van der Waals surface area contributed by atoms with Crippen molar-refractivity contribution in [1.82, 2.24) is 5.32 Å². The summed E-state index contributed by atoms with van der Waals surface area (Å²) >= 11 is 3.68. The molecule has 2 saturated carbocycles. The predicted octanol–water partition coefficient (Wildman–Crippen LogP) is 4.02. The minimum absolute atomic E-state index is 0.684. The van der Waals surface area contributed by atoms with Gasteiger partial charge in [-0.05, 0) is 55.2 Å². The summed E-state index contributed by atoms with van der Waals surface area (Å²) in [6.07, 6.45) is 5.60. The molecule has 0 aliphatic heterocycles. The fraction of sp³-hybridized carbons (Fsp3) is 0.625. The highest BCUT2D eigenvalue weighted by molar-refractivity contribution is 9.10. The molecule has 0 radical (unpaired) electrons. The van der Waals surface area contributed by atoms with Crippen molar-refractivity contribution in [1.29, 1.82) is 0 Å². The molecule has 3 rings (SSSR count). The Balaban J connectivity index is 1.69. The Morgan fingerprint density at radius 1 is 1.28 bits per heavy atom. The van der Waals surface area contributed by atoms with E-state index in [2.05, 4.69) is 52.4 Å². The molecule has 1 nitrogen and oxygen atoms in total. The van der Waals surface area contributed by atoms with Gasteiger partial charge in [-0.3, -0.25) is 0 Å². The maximum Gasteiger partial charge on any atom is 0.0207 e. The van der Waals surface area contributed by atoms with Gasteiger partial charge in [0.05, 0.1) is 0 Å². The maximum absolute atomic E-state index is 3.73. The summed E-state index contributed by atoms with van der Waals surface area (Å²) in [5.74, 6) is 3.03. The Labute approximate surface area is 118 Å². The first-order valence-corrected chi connectivity index (χ1v) is 8.07. The molecule has 2 heteroatoms. The van der Waals surface area contributed by atoms with Gasteiger partial charge in [0.2, 0.25) is 0 Å². The van der Waals surface area contributed by atoms with E-state index in [1.54, 1.807) is 0 Å². The molecule has 2 aliphatic rings. The van der Waals surface area contributed by atoms with E-state index in [0.29, 0.717) is 6.04 Å². The fourth-order valence-corrected chi connectivity index (χ4v) is 4.43. The number of fused-ring (bicyclic) bond motifs is 1. The molecular weight excluding hydrogens is 286 g/mol. The molecule has 0 spiro atoms. The van der Waals surface area contributed by atoms with E-state index in [1.165, 1.54) is 35.7 Å². The molecule has 1 aromatic rings. The molecule has 3 atom stereocenters. The van der Waals surface area contributed by atoms with Crippen molar-refractivity contribution in [2.45, 2.75) is 38.6 Å². The second kappa shape index (κ2) is 5.34. The predicted molar refractivity (Wildman–Crippen MR) is 79.6 cm³/mol. The zero-order valence-corrected chi connectivity index (χ0v) is 12.6. The summed E-state index contributed by atoms with van der Waals surface area (Å²) in [4.78, 5) is 0. The van der Waals surface area contributed by atoms with E-state index in [4.69, 9.17) is 0 Å². The van der Waals surface area contributed by atoms with Crippen LogP contribution in [-0.2, 0) is 6.42 Å². The minimum Gasteiger partial charge on any atom is -0.314 e. The van der Waals surface area contributed by atoms with Gasteiger partial charge in [0.25, 0.3) is 0 Å². The molecule has 0 aromatic heterocycles. The van der Waals surface area contributed by atoms with E-state index >= 15 is 0 Å². The van der Waals surface area contributed by atoms with Crippen LogP contribution in [0.5, 0.6) is 0 Å². The standard InChI is InChI=1S/C16H22BrN/c1-2-18-15(16-12-7-5-8-13(12)16)10-11-6-3-4-9-14(11)17/h3-4,6,9,12-13,15-16,18H,2,5,7-8,10H2,1H3. The van der Waals surface area contributed by atoms with Crippen LogP contribution in [0, 0.1) is 17.8 Å². The Hall–Kier alpha value is -0.340. The molecule has 0 heterocycles. The number of benzene rings is 1. The van der Waals surface area contributed by atoms with Crippen LogP contribution in [0.1, 0.15) is 31.7 Å². The van der Waals surface area contributed by atoms with E-state index < -0.39 is 0 Å². The Bertz CT molecular complexity index is 407. The second-order valence-electron chi connectivity index (χ2n) is 5.80. The van der Waals surface area contributed by atoms with Crippen molar-refractivity contribution in [2.75, 3.05) is 6.54 Å². The lowest BCUT2D eigenvalue weighted by molar-refractivity contribution is 0.410. The first-order chi connectivity index (χ1) is 8.81. The molecule has 0 saturated heterocycles. The molecule has 3 unspecified atom stereocenters. The van der Waals surface area contributed by atoms with Crippen molar-refractivity contribution in [3.8, 4) is 0 Å². The van der Waals surface area contributed by atoms with Crippen LogP contribution in [0.15, 0.2) is 28.7 Å². The third-order valence-corrected chi connectivity index (χ3v) is 5.57. The van der Waals surface area contributed by atoms with Gasteiger partial charge in [-0.15, -0.1) is 0 Å². The maximum atomic E-state index is 3.73. The zero-order chi connectivity index (χ0) is 12.5. The molecule has 2 aliphatic carbocycles. The fourth-order valence-electron chi connectivity index (χ4n) is 3.98. The van der Waals surface area contributed by atoms with Crippen LogP contribution in [0.4, 0.5) is 0 Å². The number of hydrogen-bond acceptors (Lipinski definition) is 1. The molecule has 18 heavy (non-hydrogen) atoms. The summed E-state index contributed by atoms with van der Waals surface area (Å²) in [5.41, 5.74) is 1.45. The Morgan fingerprint density at radius 2 is 2.00 bits per heavy atom. The monoisotopic (exact) mass is 307 g/mol. The normalized spacial score (nSPS) is 31.1. The second-order valence-corrected chi connectivity index (χ2v) is 6.65. The van der Waals surface area contributed by atoms with Gasteiger partial charge in [0.1, 0.15) is 0 Å². The van der Waals surface area contributed by atoms with Gasteiger partial charge >= 0.3 is 0 Å². The number of likely N-dealkylation sites (N-methyl/N-ethyl adjacent to an activating group) is 1. The third kappa shape index (κ3) is 2.37. The lowest BCUT2D eigenvalue weighted by Crippen LogP contribution is -2.34. The highest BCUT2D eigenvalue weighted by Gasteiger charge is 2.55. The third-order valence-electron chi connectivity index (χ3n) is 4.80. The summed E-state index contributed by atoms with van der Waals surface area (Å²) in [5, 5.41) is 3.73. The molecule has 1 aromatic carbocycles. The van der Waals surface area contributed by atoms with Crippen LogP contribution < -0.4 is 5.32 Å². The van der Waals surface area contributed by atoms with Crippen molar-refractivity contribution >= 4 is 15.9 Å². The largest absolute Gasteiger partial charge is 0.314 e. The number of nitrogens with one attached hydrogen (secondary N) is 1. The van der Waals surface area contributed by atoms with Crippen LogP contribution >= 0.6 is 15.9 Å². The van der Waals surface area contributed by atoms with Gasteiger partial charge in [0, 0.05) is 10.5 Å². The van der Waals surface area contributed by atoms with E-state index in [-0.39, 0.29) is 0 Å². The van der Waals surface area contributed by atoms with Crippen molar-refractivity contribution in [3.05, 3.63) is 34.3 Å². The Morgan fingerprint density at radius 3 is 2.67 bits per heavy atom.